The molecular weight excluding hydrogens is 164 g/mol. The highest BCUT2D eigenvalue weighted by atomic mass is 32.1. The average Bonchev–Trinajstić information content (AvgIpc) is 2.32. The summed E-state index contributed by atoms with van der Waals surface area (Å²) in [5.74, 6) is -0.376. The quantitative estimate of drug-likeness (QED) is 0.445. The third-order valence-electron chi connectivity index (χ3n) is 1.45. The number of rotatable bonds is 1. The topological polar surface area (TPSA) is 43.1 Å². The highest BCUT2D eigenvalue weighted by Gasteiger charge is 2.23. The van der Waals surface area contributed by atoms with Gasteiger partial charge in [-0.1, -0.05) is 0 Å². The number of aryl methyl sites for hydroxylation is 1. The van der Waals surface area contributed by atoms with Gasteiger partial charge < -0.3 is 4.74 Å². The van der Waals surface area contributed by atoms with E-state index in [0.717, 1.165) is 5.69 Å². The van der Waals surface area contributed by atoms with Gasteiger partial charge in [-0.05, 0) is 0 Å². The second-order valence-electron chi connectivity index (χ2n) is 2.10. The third kappa shape index (κ3) is 1.37. The molecule has 1 aromatic rings. The fourth-order valence-electron chi connectivity index (χ4n) is 0.660. The summed E-state index contributed by atoms with van der Waals surface area (Å²) in [6, 6.07) is 0. The van der Waals surface area contributed by atoms with E-state index in [2.05, 4.69) is 9.11 Å². The normalized spacial score (nSPS) is 9.73. The van der Waals surface area contributed by atoms with Gasteiger partial charge in [-0.15, -0.1) is 0 Å². The summed E-state index contributed by atoms with van der Waals surface area (Å²) < 4.78 is 10.3. The van der Waals surface area contributed by atoms with Gasteiger partial charge >= 0.3 is 11.7 Å². The number of hydrogen-bond acceptors (Lipinski definition) is 4. The molecule has 0 spiro atoms. The molecular formula is C6H9N2O2S+. The van der Waals surface area contributed by atoms with Crippen LogP contribution in [0.2, 0.25) is 0 Å². The van der Waals surface area contributed by atoms with E-state index in [-0.39, 0.29) is 5.97 Å². The maximum absolute atomic E-state index is 11.0. The Balaban J connectivity index is 3.04. The minimum atomic E-state index is -0.376. The minimum Gasteiger partial charge on any atom is -0.463 e. The van der Waals surface area contributed by atoms with Crippen molar-refractivity contribution in [1.29, 1.82) is 0 Å². The lowest BCUT2D eigenvalue weighted by Crippen LogP contribution is -2.26. The van der Waals surface area contributed by atoms with Crippen LogP contribution in [0.4, 0.5) is 0 Å². The van der Waals surface area contributed by atoms with E-state index in [9.17, 15) is 4.79 Å². The maximum Gasteiger partial charge on any atom is 0.388 e. The van der Waals surface area contributed by atoms with Crippen LogP contribution in [-0.4, -0.2) is 17.5 Å². The molecule has 0 amide bonds. The van der Waals surface area contributed by atoms with Crippen LogP contribution in [-0.2, 0) is 11.8 Å². The Morgan fingerprint density at radius 1 is 1.73 bits per heavy atom. The first-order valence-electron chi connectivity index (χ1n) is 3.08. The summed E-state index contributed by atoms with van der Waals surface area (Å²) in [5, 5.41) is 0. The largest absolute Gasteiger partial charge is 0.463 e. The lowest BCUT2D eigenvalue weighted by Gasteiger charge is -1.88. The summed E-state index contributed by atoms with van der Waals surface area (Å²) in [7, 11) is 3.20. The molecule has 0 saturated heterocycles. The van der Waals surface area contributed by atoms with E-state index in [1.165, 1.54) is 18.8 Å². The van der Waals surface area contributed by atoms with Crippen molar-refractivity contribution in [2.45, 2.75) is 6.92 Å². The summed E-state index contributed by atoms with van der Waals surface area (Å²) >= 11 is 1.24. The fraction of sp³-hybridized carbons (Fsp3) is 0.500. The Morgan fingerprint density at radius 3 is 2.73 bits per heavy atom. The monoisotopic (exact) mass is 173 g/mol. The molecule has 4 nitrogen and oxygen atoms in total. The molecule has 0 saturated carbocycles. The van der Waals surface area contributed by atoms with Gasteiger partial charge in [-0.25, -0.2) is 4.79 Å². The number of carbonyl (C=O) groups is 1. The average molecular weight is 173 g/mol. The molecule has 0 aliphatic heterocycles. The molecule has 0 atom stereocenters. The van der Waals surface area contributed by atoms with Crippen molar-refractivity contribution in [3.63, 3.8) is 0 Å². The lowest BCUT2D eigenvalue weighted by atomic mass is 10.3. The SMILES string of the molecule is COC(=O)c1ns[n+](C)c1C. The molecule has 1 rings (SSSR count). The Hall–Kier alpha value is -0.970. The standard InChI is InChI=1S/C6H9N2O2S/c1-4-5(6(9)10-3)7-11-8(4)2/h1-3H3/q+1. The van der Waals surface area contributed by atoms with Gasteiger partial charge in [0, 0.05) is 11.3 Å². The molecule has 0 aliphatic carbocycles. The Bertz CT molecular complexity index is 282. The Labute approximate surface area is 68.7 Å². The molecule has 0 aromatic carbocycles. The molecule has 5 heteroatoms. The van der Waals surface area contributed by atoms with Crippen LogP contribution in [0, 0.1) is 6.92 Å². The molecule has 1 aromatic heterocycles. The highest BCUT2D eigenvalue weighted by Crippen LogP contribution is 2.02. The summed E-state index contributed by atoms with van der Waals surface area (Å²) in [6.07, 6.45) is 0. The van der Waals surface area contributed by atoms with Gasteiger partial charge in [0.05, 0.1) is 14.2 Å². The van der Waals surface area contributed by atoms with Crippen molar-refractivity contribution < 1.29 is 13.5 Å². The second kappa shape index (κ2) is 2.96. The second-order valence-corrected chi connectivity index (χ2v) is 2.99. The van der Waals surface area contributed by atoms with Crippen LogP contribution in [0.3, 0.4) is 0 Å². The van der Waals surface area contributed by atoms with E-state index >= 15 is 0 Å². The van der Waals surface area contributed by atoms with Crippen LogP contribution in [0.25, 0.3) is 0 Å². The van der Waals surface area contributed by atoms with E-state index in [4.69, 9.17) is 0 Å². The van der Waals surface area contributed by atoms with Crippen molar-refractivity contribution in [1.82, 2.24) is 4.37 Å². The van der Waals surface area contributed by atoms with Gasteiger partial charge in [-0.3, -0.25) is 0 Å². The molecule has 0 bridgehead atoms. The zero-order valence-electron chi connectivity index (χ0n) is 6.62. The molecule has 0 unspecified atom stereocenters. The predicted molar refractivity (Wildman–Crippen MR) is 39.4 cm³/mol. The number of ether oxygens (including phenoxy) is 1. The molecule has 0 N–H and O–H groups in total. The van der Waals surface area contributed by atoms with Crippen LogP contribution >= 0.6 is 11.7 Å². The third-order valence-corrected chi connectivity index (χ3v) is 2.23. The predicted octanol–water partition coefficient (Wildman–Crippen LogP) is 0.0626. The zero-order chi connectivity index (χ0) is 8.43. The Kier molecular flexibility index (Phi) is 2.19. The first kappa shape index (κ1) is 8.13. The van der Waals surface area contributed by atoms with Crippen LogP contribution in [0.1, 0.15) is 16.2 Å². The molecule has 11 heavy (non-hydrogen) atoms. The van der Waals surface area contributed by atoms with Crippen LogP contribution in [0.5, 0.6) is 0 Å². The number of carbonyl (C=O) groups excluding carboxylic acids is 1. The number of hydrogen-bond donors (Lipinski definition) is 0. The smallest absolute Gasteiger partial charge is 0.388 e. The van der Waals surface area contributed by atoms with Crippen molar-refractivity contribution in [2.24, 2.45) is 7.05 Å². The van der Waals surface area contributed by atoms with E-state index < -0.39 is 0 Å². The minimum absolute atomic E-state index is 0.376. The summed E-state index contributed by atoms with van der Waals surface area (Å²) in [6.45, 7) is 1.83. The molecule has 1 heterocycles. The van der Waals surface area contributed by atoms with Gasteiger partial charge in [-0.2, -0.15) is 3.96 Å². The highest BCUT2D eigenvalue weighted by molar-refractivity contribution is 6.95. The van der Waals surface area contributed by atoms with Crippen LogP contribution < -0.4 is 3.96 Å². The van der Waals surface area contributed by atoms with Crippen molar-refractivity contribution in [2.75, 3.05) is 7.11 Å². The molecule has 0 aliphatic rings. The van der Waals surface area contributed by atoms with Gasteiger partial charge in [0.25, 0.3) is 11.7 Å². The molecule has 60 valence electrons. The fourth-order valence-corrected chi connectivity index (χ4v) is 1.28. The zero-order valence-corrected chi connectivity index (χ0v) is 7.44. The van der Waals surface area contributed by atoms with E-state index in [1.807, 2.05) is 17.9 Å². The van der Waals surface area contributed by atoms with Gasteiger partial charge in [0.15, 0.2) is 5.69 Å². The summed E-state index contributed by atoms with van der Waals surface area (Å²) in [4.78, 5) is 11.0. The molecule has 0 radical (unpaired) electrons. The van der Waals surface area contributed by atoms with Crippen molar-refractivity contribution in [3.05, 3.63) is 11.4 Å². The lowest BCUT2D eigenvalue weighted by molar-refractivity contribution is -0.607. The van der Waals surface area contributed by atoms with E-state index in [1.54, 1.807) is 0 Å². The van der Waals surface area contributed by atoms with Gasteiger partial charge in [0.1, 0.15) is 0 Å². The Morgan fingerprint density at radius 2 is 2.36 bits per heavy atom. The van der Waals surface area contributed by atoms with E-state index in [0.29, 0.717) is 5.69 Å². The van der Waals surface area contributed by atoms with Crippen molar-refractivity contribution in [3.8, 4) is 0 Å². The first-order valence-corrected chi connectivity index (χ1v) is 3.81. The maximum atomic E-state index is 11.0. The number of methoxy groups -OCH3 is 1. The number of esters is 1. The summed E-state index contributed by atoms with van der Waals surface area (Å²) in [5.41, 5.74) is 1.24. The number of aromatic nitrogens is 2. The number of nitrogens with zero attached hydrogens (tertiary/aromatic N) is 2. The molecule has 0 fully saturated rings. The first-order chi connectivity index (χ1) is 5.16. The van der Waals surface area contributed by atoms with Crippen LogP contribution in [0.15, 0.2) is 0 Å². The van der Waals surface area contributed by atoms with Crippen molar-refractivity contribution >= 4 is 17.7 Å². The van der Waals surface area contributed by atoms with Gasteiger partial charge in [0.2, 0.25) is 0 Å².